The predicted molar refractivity (Wildman–Crippen MR) is 67.2 cm³/mol. The fourth-order valence-electron chi connectivity index (χ4n) is 2.64. The number of hydrogen-bond donors (Lipinski definition) is 1. The van der Waals surface area contributed by atoms with Gasteiger partial charge in [0.2, 0.25) is 10.0 Å². The third-order valence-corrected chi connectivity index (χ3v) is 5.89. The molecule has 2 aliphatic rings. The SMILES string of the molecule is CC1(O)CCCN(S(=O)(=O)CCC2CCC2)C1. The third kappa shape index (κ3) is 3.42. The Morgan fingerprint density at radius 2 is 2.06 bits per heavy atom. The van der Waals surface area contributed by atoms with Crippen LogP contribution >= 0.6 is 0 Å². The van der Waals surface area contributed by atoms with Gasteiger partial charge in [-0.3, -0.25) is 0 Å². The van der Waals surface area contributed by atoms with Gasteiger partial charge in [0.05, 0.1) is 11.4 Å². The van der Waals surface area contributed by atoms with Gasteiger partial charge < -0.3 is 5.11 Å². The molecule has 1 N–H and O–H groups in total. The highest BCUT2D eigenvalue weighted by Gasteiger charge is 2.34. The van der Waals surface area contributed by atoms with Gasteiger partial charge in [0.1, 0.15) is 0 Å². The Kier molecular flexibility index (Phi) is 3.80. The van der Waals surface area contributed by atoms with E-state index < -0.39 is 15.6 Å². The summed E-state index contributed by atoms with van der Waals surface area (Å²) in [5.41, 5.74) is -0.845. The summed E-state index contributed by atoms with van der Waals surface area (Å²) in [7, 11) is -3.15. The molecular formula is C12H23NO3S. The maximum atomic E-state index is 12.1. The first kappa shape index (κ1) is 13.3. The number of hydrogen-bond acceptors (Lipinski definition) is 3. The van der Waals surface area contributed by atoms with Crippen molar-refractivity contribution in [3.8, 4) is 0 Å². The lowest BCUT2D eigenvalue weighted by molar-refractivity contribution is 0.00936. The van der Waals surface area contributed by atoms with Crippen LogP contribution in [0.15, 0.2) is 0 Å². The number of β-amino-alcohol motifs (C(OH)–C–C–N with tert-alkyl or cyclic N) is 1. The van der Waals surface area contributed by atoms with Crippen LogP contribution < -0.4 is 0 Å². The fraction of sp³-hybridized carbons (Fsp3) is 1.00. The molecule has 1 aliphatic carbocycles. The summed E-state index contributed by atoms with van der Waals surface area (Å²) < 4.78 is 25.7. The van der Waals surface area contributed by atoms with Gasteiger partial charge in [0, 0.05) is 13.1 Å². The van der Waals surface area contributed by atoms with Crippen molar-refractivity contribution in [2.24, 2.45) is 5.92 Å². The molecule has 0 aromatic rings. The van der Waals surface area contributed by atoms with E-state index in [9.17, 15) is 13.5 Å². The van der Waals surface area contributed by atoms with Crippen molar-refractivity contribution in [1.82, 2.24) is 4.31 Å². The van der Waals surface area contributed by atoms with E-state index in [1.54, 1.807) is 6.92 Å². The molecule has 4 nitrogen and oxygen atoms in total. The lowest BCUT2D eigenvalue weighted by atomic mass is 9.84. The molecule has 100 valence electrons. The van der Waals surface area contributed by atoms with Gasteiger partial charge in [-0.1, -0.05) is 19.3 Å². The Labute approximate surface area is 104 Å². The lowest BCUT2D eigenvalue weighted by Gasteiger charge is -2.36. The van der Waals surface area contributed by atoms with Crippen LogP contribution in [0.25, 0.3) is 0 Å². The second kappa shape index (κ2) is 4.86. The summed E-state index contributed by atoms with van der Waals surface area (Å²) in [5.74, 6) is 0.878. The molecule has 0 radical (unpaired) electrons. The van der Waals surface area contributed by atoms with Crippen molar-refractivity contribution in [3.05, 3.63) is 0 Å². The highest BCUT2D eigenvalue weighted by atomic mass is 32.2. The topological polar surface area (TPSA) is 57.6 Å². The van der Waals surface area contributed by atoms with Crippen molar-refractivity contribution in [3.63, 3.8) is 0 Å². The van der Waals surface area contributed by atoms with E-state index in [0.29, 0.717) is 18.9 Å². The smallest absolute Gasteiger partial charge is 0.214 e. The molecule has 1 atom stereocenters. The van der Waals surface area contributed by atoms with E-state index in [-0.39, 0.29) is 12.3 Å². The minimum Gasteiger partial charge on any atom is -0.389 e. The van der Waals surface area contributed by atoms with Gasteiger partial charge >= 0.3 is 0 Å². The minimum atomic E-state index is -3.15. The first-order valence-corrected chi connectivity index (χ1v) is 8.20. The molecule has 0 bridgehead atoms. The molecular weight excluding hydrogens is 238 g/mol. The molecule has 0 aromatic carbocycles. The summed E-state index contributed by atoms with van der Waals surface area (Å²) in [4.78, 5) is 0. The Hall–Kier alpha value is -0.130. The van der Waals surface area contributed by atoms with Crippen LogP contribution in [0.4, 0.5) is 0 Å². The first-order valence-electron chi connectivity index (χ1n) is 6.59. The molecule has 0 spiro atoms. The van der Waals surface area contributed by atoms with Gasteiger partial charge in [-0.05, 0) is 32.1 Å². The highest BCUT2D eigenvalue weighted by Crippen LogP contribution is 2.30. The van der Waals surface area contributed by atoms with Crippen LogP contribution in [0, 0.1) is 5.92 Å². The molecule has 1 saturated heterocycles. The Morgan fingerprint density at radius 1 is 1.35 bits per heavy atom. The zero-order valence-electron chi connectivity index (χ0n) is 10.6. The summed E-state index contributed by atoms with van der Waals surface area (Å²) in [6, 6.07) is 0. The van der Waals surface area contributed by atoms with Crippen LogP contribution in [0.5, 0.6) is 0 Å². The Balaban J connectivity index is 1.89. The number of nitrogens with zero attached hydrogens (tertiary/aromatic N) is 1. The predicted octanol–water partition coefficient (Wildman–Crippen LogP) is 1.35. The lowest BCUT2D eigenvalue weighted by Crippen LogP contribution is -2.49. The number of aliphatic hydroxyl groups is 1. The van der Waals surface area contributed by atoms with E-state index >= 15 is 0 Å². The van der Waals surface area contributed by atoms with Crippen molar-refractivity contribution < 1.29 is 13.5 Å². The maximum Gasteiger partial charge on any atom is 0.214 e. The molecule has 17 heavy (non-hydrogen) atoms. The fourth-order valence-corrected chi connectivity index (χ4v) is 4.41. The molecule has 2 rings (SSSR count). The maximum absolute atomic E-state index is 12.1. The molecule has 0 aromatic heterocycles. The largest absolute Gasteiger partial charge is 0.389 e. The van der Waals surface area contributed by atoms with E-state index in [0.717, 1.165) is 12.8 Å². The average molecular weight is 261 g/mol. The second-order valence-corrected chi connectivity index (χ2v) is 7.92. The van der Waals surface area contributed by atoms with Gasteiger partial charge in [0.25, 0.3) is 0 Å². The van der Waals surface area contributed by atoms with E-state index in [2.05, 4.69) is 0 Å². The standard InChI is InChI=1S/C12H23NO3S/c1-12(14)7-3-8-13(10-12)17(15,16)9-6-11-4-2-5-11/h11,14H,2-10H2,1H3. The minimum absolute atomic E-state index is 0.258. The van der Waals surface area contributed by atoms with Crippen LogP contribution in [0.1, 0.15) is 45.4 Å². The molecule has 1 heterocycles. The quantitative estimate of drug-likeness (QED) is 0.831. The van der Waals surface area contributed by atoms with Gasteiger partial charge in [-0.2, -0.15) is 4.31 Å². The Bertz CT molecular complexity index is 360. The molecule has 0 amide bonds. The number of piperidine rings is 1. The third-order valence-electron chi connectivity index (χ3n) is 4.04. The van der Waals surface area contributed by atoms with E-state index in [4.69, 9.17) is 0 Å². The van der Waals surface area contributed by atoms with Gasteiger partial charge in [-0.25, -0.2) is 8.42 Å². The van der Waals surface area contributed by atoms with Gasteiger partial charge in [-0.15, -0.1) is 0 Å². The summed E-state index contributed by atoms with van der Waals surface area (Å²) in [6.45, 7) is 2.56. The normalized spacial score (nSPS) is 32.4. The Morgan fingerprint density at radius 3 is 2.59 bits per heavy atom. The van der Waals surface area contributed by atoms with Crippen LogP contribution in [0.3, 0.4) is 0 Å². The molecule has 1 unspecified atom stereocenters. The van der Waals surface area contributed by atoms with Crippen LogP contribution in [0.2, 0.25) is 0 Å². The average Bonchev–Trinajstić information content (AvgIpc) is 2.13. The highest BCUT2D eigenvalue weighted by molar-refractivity contribution is 7.89. The summed E-state index contributed by atoms with van der Waals surface area (Å²) in [6.07, 6.45) is 5.88. The summed E-state index contributed by atoms with van der Waals surface area (Å²) >= 11 is 0. The molecule has 2 fully saturated rings. The summed E-state index contributed by atoms with van der Waals surface area (Å²) in [5, 5.41) is 9.94. The zero-order chi connectivity index (χ0) is 12.5. The molecule has 1 aliphatic heterocycles. The van der Waals surface area contributed by atoms with Crippen LogP contribution in [-0.2, 0) is 10.0 Å². The number of sulfonamides is 1. The monoisotopic (exact) mass is 261 g/mol. The van der Waals surface area contributed by atoms with E-state index in [1.165, 1.54) is 23.6 Å². The molecule has 1 saturated carbocycles. The van der Waals surface area contributed by atoms with Gasteiger partial charge in [0.15, 0.2) is 0 Å². The zero-order valence-corrected chi connectivity index (χ0v) is 11.4. The van der Waals surface area contributed by atoms with Crippen molar-refractivity contribution in [2.75, 3.05) is 18.8 Å². The second-order valence-electron chi connectivity index (χ2n) is 5.84. The van der Waals surface area contributed by atoms with Crippen molar-refractivity contribution in [1.29, 1.82) is 0 Å². The van der Waals surface area contributed by atoms with E-state index in [1.807, 2.05) is 0 Å². The number of rotatable bonds is 4. The van der Waals surface area contributed by atoms with Crippen LogP contribution in [-0.4, -0.2) is 42.3 Å². The molecule has 5 heteroatoms. The van der Waals surface area contributed by atoms with Crippen molar-refractivity contribution >= 4 is 10.0 Å². The first-order chi connectivity index (χ1) is 7.89. The van der Waals surface area contributed by atoms with Crippen molar-refractivity contribution in [2.45, 2.75) is 51.0 Å².